The van der Waals surface area contributed by atoms with E-state index in [0.29, 0.717) is 28.0 Å². The van der Waals surface area contributed by atoms with Gasteiger partial charge < -0.3 is 13.9 Å². The number of rotatable bonds is 6. The van der Waals surface area contributed by atoms with Crippen molar-refractivity contribution in [2.24, 2.45) is 0 Å². The van der Waals surface area contributed by atoms with Crippen LogP contribution in [0.3, 0.4) is 0 Å². The third-order valence-electron chi connectivity index (χ3n) is 4.86. The number of anilines is 1. The molecule has 7 nitrogen and oxygen atoms in total. The van der Waals surface area contributed by atoms with Crippen molar-refractivity contribution in [3.05, 3.63) is 71.5 Å². The number of benzene rings is 2. The Kier molecular flexibility index (Phi) is 6.52. The summed E-state index contributed by atoms with van der Waals surface area (Å²) in [6, 6.07) is 16.5. The van der Waals surface area contributed by atoms with Crippen LogP contribution in [0.2, 0.25) is 0 Å². The van der Waals surface area contributed by atoms with Gasteiger partial charge in [-0.15, -0.1) is 0 Å². The maximum Gasteiger partial charge on any atom is 0.270 e. The molecule has 3 aromatic rings. The summed E-state index contributed by atoms with van der Waals surface area (Å²) in [6.07, 6.45) is 1.40. The summed E-state index contributed by atoms with van der Waals surface area (Å²) in [6.45, 7) is 2.02. The zero-order chi connectivity index (χ0) is 23.5. The average Bonchev–Trinajstić information content (AvgIpc) is 3.25. The molecule has 168 valence electrons. The second-order valence-corrected chi connectivity index (χ2v) is 8.53. The summed E-state index contributed by atoms with van der Waals surface area (Å²) in [5.41, 5.74) is 1.44. The first-order valence-electron chi connectivity index (χ1n) is 9.87. The third-order valence-corrected chi connectivity index (χ3v) is 6.07. The number of methoxy groups -OCH3 is 2. The molecular weight excluding hydrogens is 460 g/mol. The van der Waals surface area contributed by atoms with Gasteiger partial charge in [0.25, 0.3) is 11.8 Å². The van der Waals surface area contributed by atoms with Crippen molar-refractivity contribution in [3.63, 3.8) is 0 Å². The molecule has 1 aliphatic heterocycles. The Balaban J connectivity index is 1.62. The lowest BCUT2D eigenvalue weighted by Crippen LogP contribution is -2.54. The highest BCUT2D eigenvalue weighted by Crippen LogP contribution is 2.35. The Labute approximate surface area is 200 Å². The minimum atomic E-state index is -0.599. The molecule has 2 aromatic carbocycles. The van der Waals surface area contributed by atoms with Gasteiger partial charge in [-0.05, 0) is 61.6 Å². The molecule has 4 rings (SSSR count). The molecule has 0 unspecified atom stereocenters. The fraction of sp³-hybridized carbons (Fsp3) is 0.125. The lowest BCUT2D eigenvalue weighted by molar-refractivity contribution is -0.122. The molecule has 0 bridgehead atoms. The number of ether oxygens (including phenoxy) is 2. The zero-order valence-corrected chi connectivity index (χ0v) is 19.7. The number of hydrogen-bond acceptors (Lipinski definition) is 7. The highest BCUT2D eigenvalue weighted by molar-refractivity contribution is 7.99. The number of nitrogens with one attached hydrogen (secondary N) is 1. The highest BCUT2D eigenvalue weighted by Gasteiger charge is 2.36. The van der Waals surface area contributed by atoms with E-state index in [1.54, 1.807) is 30.3 Å². The summed E-state index contributed by atoms with van der Waals surface area (Å²) >= 11 is 6.71. The molecule has 1 saturated heterocycles. The molecule has 2 heterocycles. The molecule has 1 N–H and O–H groups in total. The Morgan fingerprint density at radius 1 is 1.03 bits per heavy atom. The van der Waals surface area contributed by atoms with Gasteiger partial charge in [0.1, 0.15) is 22.8 Å². The van der Waals surface area contributed by atoms with E-state index in [4.69, 9.17) is 26.1 Å². The summed E-state index contributed by atoms with van der Waals surface area (Å²) in [7, 11) is 3.00. The van der Waals surface area contributed by atoms with E-state index in [2.05, 4.69) is 5.32 Å². The predicted molar refractivity (Wildman–Crippen MR) is 130 cm³/mol. The van der Waals surface area contributed by atoms with Crippen LogP contribution in [0.25, 0.3) is 6.08 Å². The Morgan fingerprint density at radius 3 is 2.48 bits per heavy atom. The van der Waals surface area contributed by atoms with Gasteiger partial charge >= 0.3 is 0 Å². The minimum absolute atomic E-state index is 0.0410. The van der Waals surface area contributed by atoms with Crippen LogP contribution in [0.1, 0.15) is 11.3 Å². The van der Waals surface area contributed by atoms with Gasteiger partial charge in [-0.2, -0.15) is 0 Å². The van der Waals surface area contributed by atoms with E-state index < -0.39 is 11.8 Å². The molecule has 0 aliphatic carbocycles. The standard InChI is InChI=1S/C24H20N2O5S2/c1-14-4-8-17(9-5-14)33-21-11-7-16(31-21)12-18-22(27)25-24(32)26(23(18)28)19-10-6-15(29-2)13-20(19)30-3/h4-13H,1-3H3,(H,25,27,32)/b18-12+. The van der Waals surface area contributed by atoms with Crippen LogP contribution in [0.5, 0.6) is 11.5 Å². The number of amides is 2. The summed E-state index contributed by atoms with van der Waals surface area (Å²) in [4.78, 5) is 28.1. The smallest absolute Gasteiger partial charge is 0.270 e. The van der Waals surface area contributed by atoms with E-state index >= 15 is 0 Å². The number of carbonyl (C=O) groups is 2. The zero-order valence-electron chi connectivity index (χ0n) is 18.1. The molecule has 1 fully saturated rings. The van der Waals surface area contributed by atoms with Gasteiger partial charge in [0.2, 0.25) is 0 Å². The molecule has 1 aliphatic rings. The van der Waals surface area contributed by atoms with Crippen LogP contribution >= 0.6 is 24.0 Å². The maximum absolute atomic E-state index is 13.3. The van der Waals surface area contributed by atoms with Gasteiger partial charge in [-0.1, -0.05) is 29.5 Å². The van der Waals surface area contributed by atoms with Crippen molar-refractivity contribution in [1.29, 1.82) is 0 Å². The molecule has 33 heavy (non-hydrogen) atoms. The molecule has 0 saturated carbocycles. The van der Waals surface area contributed by atoms with Gasteiger partial charge in [-0.25, -0.2) is 4.90 Å². The quantitative estimate of drug-likeness (QED) is 0.314. The van der Waals surface area contributed by atoms with Crippen molar-refractivity contribution >= 4 is 52.7 Å². The third kappa shape index (κ3) is 4.79. The van der Waals surface area contributed by atoms with Crippen molar-refractivity contribution in [2.75, 3.05) is 19.1 Å². The first-order chi connectivity index (χ1) is 15.9. The van der Waals surface area contributed by atoms with Crippen LogP contribution in [-0.2, 0) is 9.59 Å². The molecule has 0 atom stereocenters. The van der Waals surface area contributed by atoms with Crippen molar-refractivity contribution in [2.45, 2.75) is 16.9 Å². The van der Waals surface area contributed by atoms with E-state index in [-0.39, 0.29) is 10.7 Å². The number of carbonyl (C=O) groups excluding carboxylic acids is 2. The lowest BCUT2D eigenvalue weighted by atomic mass is 10.1. The second kappa shape index (κ2) is 9.51. The Morgan fingerprint density at radius 2 is 1.79 bits per heavy atom. The van der Waals surface area contributed by atoms with E-state index in [0.717, 1.165) is 4.90 Å². The topological polar surface area (TPSA) is 81.0 Å². The molecule has 0 radical (unpaired) electrons. The predicted octanol–water partition coefficient (Wildman–Crippen LogP) is 4.59. The SMILES string of the molecule is COc1ccc(N2C(=O)/C(=C/c3ccc(Sc4ccc(C)cc4)o3)C(=O)NC2=S)c(OC)c1. The highest BCUT2D eigenvalue weighted by atomic mass is 32.2. The number of hydrogen-bond donors (Lipinski definition) is 1. The monoisotopic (exact) mass is 480 g/mol. The summed E-state index contributed by atoms with van der Waals surface area (Å²) in [5, 5.41) is 3.15. The van der Waals surface area contributed by atoms with Crippen molar-refractivity contribution in [3.8, 4) is 11.5 Å². The van der Waals surface area contributed by atoms with Crippen LogP contribution < -0.4 is 19.7 Å². The van der Waals surface area contributed by atoms with Gasteiger partial charge in [0.15, 0.2) is 10.2 Å². The van der Waals surface area contributed by atoms with Crippen molar-refractivity contribution < 1.29 is 23.5 Å². The fourth-order valence-corrected chi connectivity index (χ4v) is 4.23. The van der Waals surface area contributed by atoms with Gasteiger partial charge in [0, 0.05) is 11.0 Å². The first kappa shape index (κ1) is 22.6. The van der Waals surface area contributed by atoms with E-state index in [9.17, 15) is 9.59 Å². The Bertz CT molecular complexity index is 1260. The number of thiocarbonyl (C=S) groups is 1. The normalized spacial score (nSPS) is 15.1. The van der Waals surface area contributed by atoms with Gasteiger partial charge in [0.05, 0.1) is 19.9 Å². The van der Waals surface area contributed by atoms with Crippen LogP contribution in [0.15, 0.2) is 74.6 Å². The first-order valence-corrected chi connectivity index (χ1v) is 11.1. The molecule has 2 amide bonds. The number of furan rings is 1. The van der Waals surface area contributed by atoms with Crippen molar-refractivity contribution in [1.82, 2.24) is 5.32 Å². The van der Waals surface area contributed by atoms with Crippen LogP contribution in [-0.4, -0.2) is 31.1 Å². The number of nitrogens with zero attached hydrogens (tertiary/aromatic N) is 1. The summed E-state index contributed by atoms with van der Waals surface area (Å²) < 4.78 is 16.4. The maximum atomic E-state index is 13.3. The van der Waals surface area contributed by atoms with Gasteiger partial charge in [-0.3, -0.25) is 14.9 Å². The molecular formula is C24H20N2O5S2. The van der Waals surface area contributed by atoms with Crippen LogP contribution in [0.4, 0.5) is 5.69 Å². The molecule has 1 aromatic heterocycles. The largest absolute Gasteiger partial charge is 0.497 e. The van der Waals surface area contributed by atoms with Crippen LogP contribution in [0, 0.1) is 6.92 Å². The average molecular weight is 481 g/mol. The Hall–Kier alpha value is -3.56. The lowest BCUT2D eigenvalue weighted by Gasteiger charge is -2.29. The molecule has 9 heteroatoms. The number of aryl methyl sites for hydroxylation is 1. The summed E-state index contributed by atoms with van der Waals surface area (Å²) in [5.74, 6) is 0.113. The minimum Gasteiger partial charge on any atom is -0.497 e. The van der Waals surface area contributed by atoms with E-state index in [1.165, 1.54) is 42.5 Å². The second-order valence-electron chi connectivity index (χ2n) is 7.07. The fourth-order valence-electron chi connectivity index (χ4n) is 3.18. The van der Waals surface area contributed by atoms with E-state index in [1.807, 2.05) is 31.2 Å². The molecule has 0 spiro atoms.